The second-order valence-corrected chi connectivity index (χ2v) is 5.65. The second kappa shape index (κ2) is 7.32. The van der Waals surface area contributed by atoms with E-state index < -0.39 is 0 Å². The average Bonchev–Trinajstić information content (AvgIpc) is 2.95. The van der Waals surface area contributed by atoms with Crippen molar-refractivity contribution in [2.24, 2.45) is 5.92 Å². The van der Waals surface area contributed by atoms with Crippen LogP contribution in [-0.4, -0.2) is 56.9 Å². The fraction of sp³-hybridized carbons (Fsp3) is 0.500. The zero-order valence-corrected chi connectivity index (χ0v) is 13.3. The van der Waals surface area contributed by atoms with Crippen LogP contribution in [0.3, 0.4) is 0 Å². The molecule has 0 aromatic carbocycles. The first-order valence-electron chi connectivity index (χ1n) is 7.91. The minimum absolute atomic E-state index is 0.0353. The third kappa shape index (κ3) is 3.92. The van der Waals surface area contributed by atoms with Gasteiger partial charge in [-0.3, -0.25) is 19.4 Å². The molecule has 7 heteroatoms. The lowest BCUT2D eigenvalue weighted by Gasteiger charge is -2.22. The average molecular weight is 315 g/mol. The lowest BCUT2D eigenvalue weighted by molar-refractivity contribution is 0.0730. The van der Waals surface area contributed by atoms with Gasteiger partial charge in [0.2, 0.25) is 0 Å². The Morgan fingerprint density at radius 2 is 2.35 bits per heavy atom. The van der Waals surface area contributed by atoms with Crippen molar-refractivity contribution in [3.63, 3.8) is 0 Å². The molecule has 3 rings (SSSR count). The van der Waals surface area contributed by atoms with E-state index in [9.17, 15) is 4.79 Å². The van der Waals surface area contributed by atoms with Crippen molar-refractivity contribution in [2.75, 3.05) is 26.3 Å². The van der Waals surface area contributed by atoms with Crippen LogP contribution in [-0.2, 0) is 17.7 Å². The van der Waals surface area contributed by atoms with Gasteiger partial charge in [0.1, 0.15) is 5.69 Å². The van der Waals surface area contributed by atoms with Gasteiger partial charge in [0.25, 0.3) is 5.91 Å². The first-order valence-corrected chi connectivity index (χ1v) is 7.91. The number of hydrogen-bond acceptors (Lipinski definition) is 5. The van der Waals surface area contributed by atoms with Crippen molar-refractivity contribution in [1.29, 1.82) is 0 Å². The Balaban J connectivity index is 1.68. The van der Waals surface area contributed by atoms with Gasteiger partial charge < -0.3 is 9.64 Å². The summed E-state index contributed by atoms with van der Waals surface area (Å²) in [5, 5.41) is 4.31. The van der Waals surface area contributed by atoms with Gasteiger partial charge in [0, 0.05) is 50.3 Å². The summed E-state index contributed by atoms with van der Waals surface area (Å²) in [4.78, 5) is 22.9. The van der Waals surface area contributed by atoms with Crippen LogP contribution in [0.25, 0.3) is 0 Å². The fourth-order valence-corrected chi connectivity index (χ4v) is 2.73. The van der Waals surface area contributed by atoms with Gasteiger partial charge in [-0.2, -0.15) is 5.10 Å². The van der Waals surface area contributed by atoms with Gasteiger partial charge in [-0.25, -0.2) is 0 Å². The Bertz CT molecular complexity index is 643. The highest BCUT2D eigenvalue weighted by atomic mass is 16.5. The van der Waals surface area contributed by atoms with Gasteiger partial charge in [-0.05, 0) is 19.4 Å². The smallest absolute Gasteiger partial charge is 0.274 e. The topological polar surface area (TPSA) is 73.1 Å². The van der Waals surface area contributed by atoms with Gasteiger partial charge in [0.15, 0.2) is 0 Å². The zero-order chi connectivity index (χ0) is 16.1. The molecule has 0 unspecified atom stereocenters. The molecule has 2 aromatic rings. The molecule has 0 radical (unpaired) electrons. The molecule has 1 fully saturated rings. The minimum atomic E-state index is -0.0353. The number of carbonyl (C=O) groups is 1. The van der Waals surface area contributed by atoms with Crippen LogP contribution in [0.4, 0.5) is 0 Å². The van der Waals surface area contributed by atoms with Crippen LogP contribution in [0.2, 0.25) is 0 Å². The van der Waals surface area contributed by atoms with E-state index in [-0.39, 0.29) is 11.8 Å². The molecule has 0 bridgehead atoms. The summed E-state index contributed by atoms with van der Waals surface area (Å²) in [5.41, 5.74) is 1.41. The number of ether oxygens (including phenoxy) is 1. The number of aryl methyl sites for hydroxylation is 1. The van der Waals surface area contributed by atoms with E-state index in [4.69, 9.17) is 4.74 Å². The quantitative estimate of drug-likeness (QED) is 0.842. The third-order valence-corrected chi connectivity index (χ3v) is 3.92. The molecular weight excluding hydrogens is 294 g/mol. The van der Waals surface area contributed by atoms with E-state index >= 15 is 0 Å². The van der Waals surface area contributed by atoms with Crippen LogP contribution < -0.4 is 0 Å². The summed E-state index contributed by atoms with van der Waals surface area (Å²) in [6.45, 7) is 5.17. The molecule has 3 heterocycles. The maximum Gasteiger partial charge on any atom is 0.274 e. The number of nitrogens with zero attached hydrogens (tertiary/aromatic N) is 5. The van der Waals surface area contributed by atoms with Gasteiger partial charge in [-0.15, -0.1) is 0 Å². The lowest BCUT2D eigenvalue weighted by atomic mass is 10.0. The maximum atomic E-state index is 12.6. The third-order valence-electron chi connectivity index (χ3n) is 3.92. The first kappa shape index (κ1) is 15.6. The summed E-state index contributed by atoms with van der Waals surface area (Å²) in [7, 11) is 0. The SMILES string of the molecule is CCn1ccc(C(=O)N2CCOC[C@H](Cc3cnccn3)C2)n1. The van der Waals surface area contributed by atoms with Crippen LogP contribution in [0.5, 0.6) is 0 Å². The standard InChI is InChI=1S/C16H21N5O2/c1-2-21-6-3-15(19-21)16(22)20-7-8-23-12-13(11-20)9-14-10-17-4-5-18-14/h3-6,10,13H,2,7-9,11-12H2,1H3/t13-/m1/s1. The molecule has 7 nitrogen and oxygen atoms in total. The molecule has 1 saturated heterocycles. The fourth-order valence-electron chi connectivity index (χ4n) is 2.73. The molecular formula is C16H21N5O2. The van der Waals surface area contributed by atoms with Crippen molar-refractivity contribution in [3.8, 4) is 0 Å². The molecule has 0 N–H and O–H groups in total. The summed E-state index contributed by atoms with van der Waals surface area (Å²) in [6, 6.07) is 1.77. The van der Waals surface area contributed by atoms with Gasteiger partial charge in [0.05, 0.1) is 18.9 Å². The molecule has 1 atom stereocenters. The van der Waals surface area contributed by atoms with Crippen LogP contribution in [0, 0.1) is 5.92 Å². The molecule has 23 heavy (non-hydrogen) atoms. The molecule has 1 aliphatic rings. The number of amides is 1. The van der Waals surface area contributed by atoms with Crippen LogP contribution in [0.1, 0.15) is 23.1 Å². The zero-order valence-electron chi connectivity index (χ0n) is 13.3. The Kier molecular flexibility index (Phi) is 4.97. The maximum absolute atomic E-state index is 12.6. The van der Waals surface area contributed by atoms with Crippen molar-refractivity contribution in [2.45, 2.75) is 19.9 Å². The lowest BCUT2D eigenvalue weighted by Crippen LogP contribution is -2.36. The summed E-state index contributed by atoms with van der Waals surface area (Å²) in [6.07, 6.45) is 7.69. The molecule has 122 valence electrons. The largest absolute Gasteiger partial charge is 0.379 e. The monoisotopic (exact) mass is 315 g/mol. The van der Waals surface area contributed by atoms with Crippen LogP contribution >= 0.6 is 0 Å². The second-order valence-electron chi connectivity index (χ2n) is 5.65. The summed E-state index contributed by atoms with van der Waals surface area (Å²) in [5.74, 6) is 0.179. The Morgan fingerprint density at radius 3 is 3.09 bits per heavy atom. The Hall–Kier alpha value is -2.28. The van der Waals surface area contributed by atoms with E-state index in [1.807, 2.05) is 18.0 Å². The number of carbonyl (C=O) groups excluding carboxylic acids is 1. The Morgan fingerprint density at radius 1 is 1.43 bits per heavy atom. The van der Waals surface area contributed by atoms with Crippen molar-refractivity contribution in [3.05, 3.63) is 42.2 Å². The van der Waals surface area contributed by atoms with E-state index in [2.05, 4.69) is 15.1 Å². The molecule has 2 aromatic heterocycles. The Labute approximate surface area is 135 Å². The number of hydrogen-bond donors (Lipinski definition) is 0. The summed E-state index contributed by atoms with van der Waals surface area (Å²) < 4.78 is 7.42. The highest BCUT2D eigenvalue weighted by Crippen LogP contribution is 2.14. The highest BCUT2D eigenvalue weighted by Gasteiger charge is 2.25. The summed E-state index contributed by atoms with van der Waals surface area (Å²) >= 11 is 0. The molecule has 0 saturated carbocycles. The van der Waals surface area contributed by atoms with E-state index in [1.165, 1.54) is 0 Å². The van der Waals surface area contributed by atoms with E-state index in [1.54, 1.807) is 29.3 Å². The van der Waals surface area contributed by atoms with Crippen molar-refractivity contribution >= 4 is 5.91 Å². The van der Waals surface area contributed by atoms with Gasteiger partial charge in [-0.1, -0.05) is 0 Å². The molecule has 0 aliphatic carbocycles. The molecule has 0 spiro atoms. The normalized spacial score (nSPS) is 18.7. The first-order chi connectivity index (χ1) is 11.3. The van der Waals surface area contributed by atoms with Crippen molar-refractivity contribution < 1.29 is 9.53 Å². The predicted octanol–water partition coefficient (Wildman–Crippen LogP) is 1.02. The highest BCUT2D eigenvalue weighted by molar-refractivity contribution is 5.92. The minimum Gasteiger partial charge on any atom is -0.379 e. The van der Waals surface area contributed by atoms with Gasteiger partial charge >= 0.3 is 0 Å². The number of rotatable bonds is 4. The van der Waals surface area contributed by atoms with E-state index in [0.29, 0.717) is 32.0 Å². The predicted molar refractivity (Wildman–Crippen MR) is 83.8 cm³/mol. The molecule has 1 amide bonds. The van der Waals surface area contributed by atoms with Crippen molar-refractivity contribution in [1.82, 2.24) is 24.6 Å². The molecule has 1 aliphatic heterocycles. The van der Waals surface area contributed by atoms with Crippen LogP contribution in [0.15, 0.2) is 30.9 Å². The number of aromatic nitrogens is 4. The van der Waals surface area contributed by atoms with E-state index in [0.717, 1.165) is 18.7 Å².